The number of aliphatic hydroxyl groups excluding tert-OH is 1. The number of benzene rings is 2. The van der Waals surface area contributed by atoms with Gasteiger partial charge in [0.2, 0.25) is 0 Å². The number of carbonyl (C=O) groups excluding carboxylic acids is 1. The molecule has 4 nitrogen and oxygen atoms in total. The first kappa shape index (κ1) is 25.6. The second kappa shape index (κ2) is 9.17. The van der Waals surface area contributed by atoms with Crippen molar-refractivity contribution in [1.82, 2.24) is 4.90 Å². The van der Waals surface area contributed by atoms with Crippen LogP contribution in [0.3, 0.4) is 0 Å². The van der Waals surface area contributed by atoms with Gasteiger partial charge in [0.1, 0.15) is 11.6 Å². The lowest BCUT2D eigenvalue weighted by atomic mass is 9.68. The van der Waals surface area contributed by atoms with Crippen LogP contribution in [0.2, 0.25) is 0 Å². The van der Waals surface area contributed by atoms with Gasteiger partial charge in [0.25, 0.3) is 5.91 Å². The molecule has 0 heterocycles. The SMILES string of the molecule is CC(O)(c1ccc(C(=O)N(C2CC2)C2CCC(CO)(c3ccc(F)cc3F)CC2)cc1)C(F)(F)F. The first-order chi connectivity index (χ1) is 16.4. The Labute approximate surface area is 200 Å². The van der Waals surface area contributed by atoms with Crippen molar-refractivity contribution in [3.63, 3.8) is 0 Å². The van der Waals surface area contributed by atoms with E-state index in [1.165, 1.54) is 24.3 Å². The van der Waals surface area contributed by atoms with E-state index >= 15 is 0 Å². The second-order valence-corrected chi connectivity index (χ2v) is 9.88. The Hall–Kier alpha value is -2.52. The highest BCUT2D eigenvalue weighted by atomic mass is 19.4. The molecule has 9 heteroatoms. The summed E-state index contributed by atoms with van der Waals surface area (Å²) in [6.45, 7) is 0.361. The molecular weight excluding hydrogens is 469 g/mol. The third-order valence-corrected chi connectivity index (χ3v) is 7.53. The van der Waals surface area contributed by atoms with Crippen molar-refractivity contribution in [2.24, 2.45) is 0 Å². The van der Waals surface area contributed by atoms with Gasteiger partial charge < -0.3 is 15.1 Å². The first-order valence-electron chi connectivity index (χ1n) is 11.7. The molecule has 1 amide bonds. The number of amides is 1. The van der Waals surface area contributed by atoms with Crippen LogP contribution in [-0.4, -0.2) is 45.9 Å². The molecule has 2 aliphatic carbocycles. The molecule has 2 N–H and O–H groups in total. The van der Waals surface area contributed by atoms with E-state index in [1.807, 2.05) is 0 Å². The van der Waals surface area contributed by atoms with Crippen molar-refractivity contribution >= 4 is 5.91 Å². The molecule has 0 aromatic heterocycles. The van der Waals surface area contributed by atoms with Crippen LogP contribution in [0.1, 0.15) is 66.9 Å². The summed E-state index contributed by atoms with van der Waals surface area (Å²) in [6.07, 6.45) is -1.41. The van der Waals surface area contributed by atoms with Gasteiger partial charge in [-0.05, 0) is 74.8 Å². The number of hydrogen-bond donors (Lipinski definition) is 2. The highest BCUT2D eigenvalue weighted by Crippen LogP contribution is 2.44. The van der Waals surface area contributed by atoms with Gasteiger partial charge in [-0.25, -0.2) is 8.78 Å². The predicted molar refractivity (Wildman–Crippen MR) is 119 cm³/mol. The molecule has 190 valence electrons. The summed E-state index contributed by atoms with van der Waals surface area (Å²) >= 11 is 0. The van der Waals surface area contributed by atoms with Gasteiger partial charge in [-0.3, -0.25) is 4.79 Å². The van der Waals surface area contributed by atoms with Crippen LogP contribution in [0.4, 0.5) is 22.0 Å². The van der Waals surface area contributed by atoms with Crippen molar-refractivity contribution < 1.29 is 37.0 Å². The number of rotatable bonds is 6. The van der Waals surface area contributed by atoms with Crippen LogP contribution in [0.25, 0.3) is 0 Å². The second-order valence-electron chi connectivity index (χ2n) is 9.88. The number of alkyl halides is 3. The monoisotopic (exact) mass is 497 g/mol. The molecule has 2 aromatic carbocycles. The van der Waals surface area contributed by atoms with Crippen molar-refractivity contribution in [2.45, 2.75) is 74.7 Å². The quantitative estimate of drug-likeness (QED) is 0.539. The Morgan fingerprint density at radius 2 is 1.57 bits per heavy atom. The highest BCUT2D eigenvalue weighted by Gasteiger charge is 2.51. The lowest BCUT2D eigenvalue weighted by molar-refractivity contribution is -0.258. The Morgan fingerprint density at radius 1 is 1.00 bits per heavy atom. The zero-order chi connectivity index (χ0) is 25.6. The Kier molecular flexibility index (Phi) is 6.70. The molecule has 0 radical (unpaired) electrons. The third-order valence-electron chi connectivity index (χ3n) is 7.53. The molecule has 35 heavy (non-hydrogen) atoms. The van der Waals surface area contributed by atoms with Gasteiger partial charge in [0, 0.05) is 29.1 Å². The zero-order valence-corrected chi connectivity index (χ0v) is 19.3. The van der Waals surface area contributed by atoms with Crippen LogP contribution in [0.5, 0.6) is 0 Å². The molecule has 0 spiro atoms. The van der Waals surface area contributed by atoms with Crippen LogP contribution in [0, 0.1) is 11.6 Å². The first-order valence-corrected chi connectivity index (χ1v) is 11.7. The Bertz CT molecular complexity index is 1070. The number of aliphatic hydroxyl groups is 2. The summed E-state index contributed by atoms with van der Waals surface area (Å²) in [4.78, 5) is 15.1. The summed E-state index contributed by atoms with van der Waals surface area (Å²) in [5.41, 5.74) is -3.76. The van der Waals surface area contributed by atoms with Gasteiger partial charge in [-0.15, -0.1) is 0 Å². The molecule has 4 rings (SSSR count). The number of hydrogen-bond acceptors (Lipinski definition) is 3. The van der Waals surface area contributed by atoms with Gasteiger partial charge >= 0.3 is 6.18 Å². The van der Waals surface area contributed by atoms with Crippen molar-refractivity contribution in [2.75, 3.05) is 6.61 Å². The molecule has 1 unspecified atom stereocenters. The van der Waals surface area contributed by atoms with E-state index in [-0.39, 0.29) is 41.3 Å². The molecular formula is C26H28F5NO3. The van der Waals surface area contributed by atoms with Crippen molar-refractivity contribution in [1.29, 1.82) is 0 Å². The lowest BCUT2D eigenvalue weighted by Crippen LogP contribution is -2.47. The van der Waals surface area contributed by atoms with Crippen molar-refractivity contribution in [3.05, 3.63) is 70.8 Å². The molecule has 2 fully saturated rings. The fraction of sp³-hybridized carbons (Fsp3) is 0.500. The molecule has 2 saturated carbocycles. The fourth-order valence-corrected chi connectivity index (χ4v) is 5.10. The average Bonchev–Trinajstić information content (AvgIpc) is 3.64. The average molecular weight is 498 g/mol. The van der Waals surface area contributed by atoms with Crippen LogP contribution in [-0.2, 0) is 11.0 Å². The Balaban J connectivity index is 1.52. The highest BCUT2D eigenvalue weighted by molar-refractivity contribution is 5.95. The smallest absolute Gasteiger partial charge is 0.395 e. The van der Waals surface area contributed by atoms with E-state index in [0.29, 0.717) is 32.6 Å². The zero-order valence-electron chi connectivity index (χ0n) is 19.3. The standard InChI is InChI=1S/C26H28F5NO3/c1-24(35,26(29,30)31)17-4-2-16(3-5-17)23(34)32(19-7-8-19)20-10-12-25(15-33,13-11-20)21-9-6-18(27)14-22(21)28/h2-6,9,14,19-20,33,35H,7-8,10-13,15H2,1H3. The molecule has 0 aliphatic heterocycles. The van der Waals surface area contributed by atoms with E-state index in [9.17, 15) is 37.0 Å². The van der Waals surface area contributed by atoms with E-state index in [2.05, 4.69) is 0 Å². The summed E-state index contributed by atoms with van der Waals surface area (Å²) in [7, 11) is 0. The minimum absolute atomic E-state index is 0.0228. The van der Waals surface area contributed by atoms with E-state index < -0.39 is 28.8 Å². The number of nitrogens with zero attached hydrogens (tertiary/aromatic N) is 1. The van der Waals surface area contributed by atoms with E-state index in [1.54, 1.807) is 4.90 Å². The maximum Gasteiger partial charge on any atom is 0.421 e. The minimum atomic E-state index is -4.86. The lowest BCUT2D eigenvalue weighted by Gasteiger charge is -2.43. The van der Waals surface area contributed by atoms with Gasteiger partial charge in [0.05, 0.1) is 6.61 Å². The largest absolute Gasteiger partial charge is 0.421 e. The van der Waals surface area contributed by atoms with Gasteiger partial charge in [0.15, 0.2) is 5.60 Å². The van der Waals surface area contributed by atoms with Gasteiger partial charge in [-0.1, -0.05) is 18.2 Å². The molecule has 0 saturated heterocycles. The van der Waals surface area contributed by atoms with E-state index in [0.717, 1.165) is 31.0 Å². The summed E-state index contributed by atoms with van der Waals surface area (Å²) in [6, 6.07) is 8.00. The minimum Gasteiger partial charge on any atom is -0.395 e. The predicted octanol–water partition coefficient (Wildman–Crippen LogP) is 5.21. The summed E-state index contributed by atoms with van der Waals surface area (Å²) < 4.78 is 67.3. The van der Waals surface area contributed by atoms with Crippen LogP contribution < -0.4 is 0 Å². The fourth-order valence-electron chi connectivity index (χ4n) is 5.10. The summed E-state index contributed by atoms with van der Waals surface area (Å²) in [5.74, 6) is -1.70. The number of carbonyl (C=O) groups is 1. The summed E-state index contributed by atoms with van der Waals surface area (Å²) in [5, 5.41) is 20.0. The van der Waals surface area contributed by atoms with E-state index in [4.69, 9.17) is 0 Å². The topological polar surface area (TPSA) is 60.8 Å². The van der Waals surface area contributed by atoms with Crippen LogP contribution in [0.15, 0.2) is 42.5 Å². The van der Waals surface area contributed by atoms with Gasteiger partial charge in [-0.2, -0.15) is 13.2 Å². The molecule has 2 aromatic rings. The number of halogens is 5. The van der Waals surface area contributed by atoms with Crippen molar-refractivity contribution in [3.8, 4) is 0 Å². The normalized spacial score (nSPS) is 24.6. The maximum atomic E-state index is 14.5. The third kappa shape index (κ3) is 4.80. The molecule has 0 bridgehead atoms. The molecule has 1 atom stereocenters. The Morgan fingerprint density at radius 3 is 2.06 bits per heavy atom. The maximum absolute atomic E-state index is 14.5. The van der Waals surface area contributed by atoms with Crippen LogP contribution >= 0.6 is 0 Å². The molecule has 2 aliphatic rings.